The standard InChI is InChI=1S/C14H22O4.C2H6/c1-10-11(7-15-2)6-12(8-16-3)14(18-5)13(10)9-17-4;1-2/h6H,7-9H2,1-5H3;1-2H3. The van der Waals surface area contributed by atoms with Gasteiger partial charge in [0.2, 0.25) is 0 Å². The molecule has 0 heterocycles. The molecule has 0 atom stereocenters. The van der Waals surface area contributed by atoms with E-state index in [1.807, 2.05) is 13.8 Å². The van der Waals surface area contributed by atoms with Gasteiger partial charge in [-0.3, -0.25) is 0 Å². The van der Waals surface area contributed by atoms with Crippen molar-refractivity contribution < 1.29 is 18.9 Å². The lowest BCUT2D eigenvalue weighted by Gasteiger charge is -2.18. The van der Waals surface area contributed by atoms with Crippen molar-refractivity contribution in [2.24, 2.45) is 0 Å². The minimum absolute atomic E-state index is 0.511. The Bertz CT molecular complexity index is 389. The number of hydrogen-bond donors (Lipinski definition) is 0. The minimum atomic E-state index is 0.511. The Kier molecular flexibility index (Phi) is 10.1. The van der Waals surface area contributed by atoms with Crippen LogP contribution in [0.15, 0.2) is 6.07 Å². The Balaban J connectivity index is 0.00000172. The number of methoxy groups -OCH3 is 4. The highest BCUT2D eigenvalue weighted by atomic mass is 16.5. The van der Waals surface area contributed by atoms with Crippen LogP contribution in [0.25, 0.3) is 0 Å². The fourth-order valence-electron chi connectivity index (χ4n) is 2.08. The molecule has 1 rings (SSSR count). The zero-order valence-corrected chi connectivity index (χ0v) is 13.8. The highest BCUT2D eigenvalue weighted by molar-refractivity contribution is 5.49. The fraction of sp³-hybridized carbons (Fsp3) is 0.625. The van der Waals surface area contributed by atoms with E-state index in [4.69, 9.17) is 18.9 Å². The van der Waals surface area contributed by atoms with Gasteiger partial charge >= 0.3 is 0 Å². The molecule has 0 unspecified atom stereocenters. The molecule has 0 radical (unpaired) electrons. The third-order valence-electron chi connectivity index (χ3n) is 2.94. The molecule has 0 saturated carbocycles. The van der Waals surface area contributed by atoms with Crippen molar-refractivity contribution in [2.75, 3.05) is 28.4 Å². The largest absolute Gasteiger partial charge is 0.496 e. The Morgan fingerprint density at radius 1 is 0.800 bits per heavy atom. The highest BCUT2D eigenvalue weighted by Crippen LogP contribution is 2.31. The molecule has 0 aliphatic rings. The van der Waals surface area contributed by atoms with Crippen LogP contribution in [0.5, 0.6) is 5.75 Å². The topological polar surface area (TPSA) is 36.9 Å². The molecule has 0 aliphatic carbocycles. The molecule has 0 fully saturated rings. The van der Waals surface area contributed by atoms with E-state index in [9.17, 15) is 0 Å². The molecule has 0 saturated heterocycles. The van der Waals surface area contributed by atoms with Crippen molar-refractivity contribution in [1.82, 2.24) is 0 Å². The summed E-state index contributed by atoms with van der Waals surface area (Å²) in [5.74, 6) is 0.844. The summed E-state index contributed by atoms with van der Waals surface area (Å²) < 4.78 is 21.2. The van der Waals surface area contributed by atoms with Gasteiger partial charge in [-0.15, -0.1) is 0 Å². The first-order valence-corrected chi connectivity index (χ1v) is 6.84. The van der Waals surface area contributed by atoms with Gasteiger partial charge in [-0.05, 0) is 24.1 Å². The molecular weight excluding hydrogens is 256 g/mol. The normalized spacial score (nSPS) is 9.95. The predicted molar refractivity (Wildman–Crippen MR) is 81.2 cm³/mol. The van der Waals surface area contributed by atoms with Crippen LogP contribution in [-0.2, 0) is 34.0 Å². The summed E-state index contributed by atoms with van der Waals surface area (Å²) in [5, 5.41) is 0. The number of hydrogen-bond acceptors (Lipinski definition) is 4. The van der Waals surface area contributed by atoms with E-state index in [1.165, 1.54) is 0 Å². The van der Waals surface area contributed by atoms with Gasteiger partial charge in [-0.1, -0.05) is 13.8 Å². The lowest BCUT2D eigenvalue weighted by Crippen LogP contribution is -2.06. The predicted octanol–water partition coefficient (Wildman–Crippen LogP) is 3.47. The van der Waals surface area contributed by atoms with E-state index in [2.05, 4.69) is 13.0 Å². The molecule has 0 aliphatic heterocycles. The van der Waals surface area contributed by atoms with Crippen LogP contribution in [0.2, 0.25) is 0 Å². The smallest absolute Gasteiger partial charge is 0.130 e. The average Bonchev–Trinajstić information content (AvgIpc) is 2.47. The number of rotatable bonds is 7. The Labute approximate surface area is 123 Å². The van der Waals surface area contributed by atoms with Gasteiger partial charge in [0.05, 0.1) is 26.9 Å². The van der Waals surface area contributed by atoms with Crippen molar-refractivity contribution in [3.63, 3.8) is 0 Å². The molecule has 1 aromatic rings. The van der Waals surface area contributed by atoms with E-state index in [0.29, 0.717) is 19.8 Å². The molecule has 20 heavy (non-hydrogen) atoms. The van der Waals surface area contributed by atoms with Gasteiger partial charge in [0, 0.05) is 32.5 Å². The summed E-state index contributed by atoms with van der Waals surface area (Å²) in [6.07, 6.45) is 0. The van der Waals surface area contributed by atoms with Gasteiger partial charge in [0.25, 0.3) is 0 Å². The van der Waals surface area contributed by atoms with Crippen LogP contribution in [0.1, 0.15) is 36.1 Å². The molecule has 4 heteroatoms. The molecular formula is C16H28O4. The molecule has 1 aromatic carbocycles. The SMILES string of the molecule is CC.COCc1cc(COC)c(OC)c(COC)c1C. The monoisotopic (exact) mass is 284 g/mol. The van der Waals surface area contributed by atoms with Crippen LogP contribution in [0.3, 0.4) is 0 Å². The lowest BCUT2D eigenvalue weighted by molar-refractivity contribution is 0.169. The number of ether oxygens (including phenoxy) is 4. The van der Waals surface area contributed by atoms with E-state index < -0.39 is 0 Å². The van der Waals surface area contributed by atoms with E-state index in [-0.39, 0.29) is 0 Å². The molecule has 0 N–H and O–H groups in total. The van der Waals surface area contributed by atoms with Crippen molar-refractivity contribution in [3.05, 3.63) is 28.3 Å². The van der Waals surface area contributed by atoms with Crippen LogP contribution in [0.4, 0.5) is 0 Å². The summed E-state index contributed by atoms with van der Waals surface area (Å²) in [4.78, 5) is 0. The van der Waals surface area contributed by atoms with Gasteiger partial charge in [0.1, 0.15) is 5.75 Å². The van der Waals surface area contributed by atoms with E-state index >= 15 is 0 Å². The van der Waals surface area contributed by atoms with Crippen molar-refractivity contribution in [1.29, 1.82) is 0 Å². The second kappa shape index (κ2) is 10.7. The highest BCUT2D eigenvalue weighted by Gasteiger charge is 2.16. The Morgan fingerprint density at radius 3 is 1.75 bits per heavy atom. The molecule has 4 nitrogen and oxygen atoms in total. The van der Waals surface area contributed by atoms with Gasteiger partial charge < -0.3 is 18.9 Å². The third-order valence-corrected chi connectivity index (χ3v) is 2.94. The molecule has 0 amide bonds. The maximum Gasteiger partial charge on any atom is 0.130 e. The van der Waals surface area contributed by atoms with Gasteiger partial charge in [-0.2, -0.15) is 0 Å². The zero-order valence-electron chi connectivity index (χ0n) is 13.8. The Hall–Kier alpha value is -1.10. The first kappa shape index (κ1) is 18.9. The quantitative estimate of drug-likeness (QED) is 0.768. The summed E-state index contributed by atoms with van der Waals surface area (Å²) in [7, 11) is 6.71. The maximum atomic E-state index is 5.49. The summed E-state index contributed by atoms with van der Waals surface area (Å²) in [6, 6.07) is 2.07. The van der Waals surface area contributed by atoms with Crippen LogP contribution < -0.4 is 4.74 Å². The fourth-order valence-corrected chi connectivity index (χ4v) is 2.08. The average molecular weight is 284 g/mol. The van der Waals surface area contributed by atoms with Crippen LogP contribution in [0, 0.1) is 6.92 Å². The molecule has 0 bridgehead atoms. The summed E-state index contributed by atoms with van der Waals surface area (Å²) in [6.45, 7) is 7.66. The first-order valence-electron chi connectivity index (χ1n) is 6.84. The van der Waals surface area contributed by atoms with Gasteiger partial charge in [0.15, 0.2) is 0 Å². The van der Waals surface area contributed by atoms with Crippen molar-refractivity contribution >= 4 is 0 Å². The Morgan fingerprint density at radius 2 is 1.30 bits per heavy atom. The number of benzene rings is 1. The molecule has 0 spiro atoms. The lowest BCUT2D eigenvalue weighted by atomic mass is 9.98. The van der Waals surface area contributed by atoms with Gasteiger partial charge in [-0.25, -0.2) is 0 Å². The molecule has 116 valence electrons. The zero-order chi connectivity index (χ0) is 15.5. The second-order valence-corrected chi connectivity index (χ2v) is 4.13. The second-order valence-electron chi connectivity index (χ2n) is 4.13. The summed E-state index contributed by atoms with van der Waals surface area (Å²) >= 11 is 0. The maximum absolute atomic E-state index is 5.49. The van der Waals surface area contributed by atoms with Crippen LogP contribution >= 0.6 is 0 Å². The van der Waals surface area contributed by atoms with Crippen molar-refractivity contribution in [3.8, 4) is 5.75 Å². The third kappa shape index (κ3) is 4.78. The van der Waals surface area contributed by atoms with E-state index in [1.54, 1.807) is 28.4 Å². The van der Waals surface area contributed by atoms with Crippen molar-refractivity contribution in [2.45, 2.75) is 40.6 Å². The van der Waals surface area contributed by atoms with Crippen LogP contribution in [-0.4, -0.2) is 28.4 Å². The summed E-state index contributed by atoms with van der Waals surface area (Å²) in [5.41, 5.74) is 4.36. The minimum Gasteiger partial charge on any atom is -0.496 e. The first-order chi connectivity index (χ1) is 9.69. The molecule has 0 aromatic heterocycles. The van der Waals surface area contributed by atoms with E-state index in [0.717, 1.165) is 28.0 Å².